The molecule has 8 nitrogen and oxygen atoms in total. The van der Waals surface area contributed by atoms with Crippen LogP contribution in [0.5, 0.6) is 17.2 Å². The maximum absolute atomic E-state index is 12.6. The van der Waals surface area contributed by atoms with Crippen LogP contribution in [0.4, 0.5) is 5.95 Å². The number of amides is 1. The van der Waals surface area contributed by atoms with Crippen molar-refractivity contribution in [3.63, 3.8) is 0 Å². The van der Waals surface area contributed by atoms with E-state index in [4.69, 9.17) is 14.2 Å². The Balaban J connectivity index is 1.98. The molecule has 0 radical (unpaired) electrons. The second-order valence-electron chi connectivity index (χ2n) is 6.22. The highest BCUT2D eigenvalue weighted by molar-refractivity contribution is 5.98. The third-order valence-electron chi connectivity index (χ3n) is 4.49. The third kappa shape index (κ3) is 3.69. The van der Waals surface area contributed by atoms with Crippen molar-refractivity contribution in [1.82, 2.24) is 9.97 Å². The smallest absolute Gasteiger partial charge is 0.229 e. The quantitative estimate of drug-likeness (QED) is 0.861. The summed E-state index contributed by atoms with van der Waals surface area (Å²) in [5, 5.41) is 2.55. The summed E-state index contributed by atoms with van der Waals surface area (Å²) < 4.78 is 16.2. The van der Waals surface area contributed by atoms with Crippen molar-refractivity contribution in [3.8, 4) is 17.2 Å². The Bertz CT molecular complexity index is 872. The van der Waals surface area contributed by atoms with E-state index in [1.165, 1.54) is 13.1 Å². The molecule has 27 heavy (non-hydrogen) atoms. The Morgan fingerprint density at radius 2 is 1.78 bits per heavy atom. The van der Waals surface area contributed by atoms with Crippen molar-refractivity contribution < 1.29 is 23.8 Å². The van der Waals surface area contributed by atoms with Gasteiger partial charge in [-0.2, -0.15) is 0 Å². The average Bonchev–Trinajstić information content (AvgIpc) is 2.65. The lowest BCUT2D eigenvalue weighted by atomic mass is 9.82. The molecule has 8 heteroatoms. The van der Waals surface area contributed by atoms with E-state index in [0.717, 1.165) is 5.56 Å². The molecule has 1 atom stereocenters. The van der Waals surface area contributed by atoms with Crippen molar-refractivity contribution >= 4 is 17.6 Å². The molecule has 0 bridgehead atoms. The van der Waals surface area contributed by atoms with Gasteiger partial charge < -0.3 is 14.2 Å². The van der Waals surface area contributed by atoms with Crippen LogP contribution in [-0.4, -0.2) is 43.0 Å². The Hall–Kier alpha value is -3.16. The standard InChI is InChI=1S/C19H21N3O5/c1-10(23)21-19-20-9-13-14(22-19)5-11(6-15(13)24)12-7-16(25-2)18(27-4)17(8-12)26-3/h7-9,11H,5-6H2,1-4H3,(H,20,21,22,23)/t11-/m1/s1. The van der Waals surface area contributed by atoms with Crippen LogP contribution in [0.15, 0.2) is 18.3 Å². The number of anilines is 1. The largest absolute Gasteiger partial charge is 0.493 e. The van der Waals surface area contributed by atoms with Gasteiger partial charge in [0.25, 0.3) is 0 Å². The molecule has 0 aliphatic heterocycles. The highest BCUT2D eigenvalue weighted by Gasteiger charge is 2.29. The summed E-state index contributed by atoms with van der Waals surface area (Å²) in [6, 6.07) is 3.69. The fourth-order valence-electron chi connectivity index (χ4n) is 3.24. The van der Waals surface area contributed by atoms with Crippen LogP contribution in [0.2, 0.25) is 0 Å². The minimum Gasteiger partial charge on any atom is -0.493 e. The lowest BCUT2D eigenvalue weighted by molar-refractivity contribution is -0.114. The molecule has 0 unspecified atom stereocenters. The average molecular weight is 371 g/mol. The molecule has 0 fully saturated rings. The van der Waals surface area contributed by atoms with Crippen LogP contribution < -0.4 is 19.5 Å². The first kappa shape index (κ1) is 18.6. The van der Waals surface area contributed by atoms with Crippen LogP contribution in [0.25, 0.3) is 0 Å². The highest BCUT2D eigenvalue weighted by atomic mass is 16.5. The van der Waals surface area contributed by atoms with Crippen LogP contribution in [0, 0.1) is 0 Å². The third-order valence-corrected chi connectivity index (χ3v) is 4.49. The topological polar surface area (TPSA) is 99.6 Å². The molecule has 1 amide bonds. The molecule has 1 aliphatic rings. The lowest BCUT2D eigenvalue weighted by Gasteiger charge is -2.24. The first-order chi connectivity index (χ1) is 13.0. The predicted molar refractivity (Wildman–Crippen MR) is 97.8 cm³/mol. The van der Waals surface area contributed by atoms with E-state index >= 15 is 0 Å². The Kier molecular flexibility index (Phi) is 5.25. The molecule has 2 aromatic rings. The number of Topliss-reactive ketones (excluding diaryl/α,β-unsaturated/α-hetero) is 1. The number of ether oxygens (including phenoxy) is 3. The van der Waals surface area contributed by atoms with E-state index in [2.05, 4.69) is 15.3 Å². The number of rotatable bonds is 5. The van der Waals surface area contributed by atoms with Gasteiger partial charge in [-0.1, -0.05) is 0 Å². The van der Waals surface area contributed by atoms with Gasteiger partial charge in [-0.25, -0.2) is 9.97 Å². The van der Waals surface area contributed by atoms with E-state index in [1.54, 1.807) is 21.3 Å². The first-order valence-corrected chi connectivity index (χ1v) is 8.43. The minimum atomic E-state index is -0.265. The van der Waals surface area contributed by atoms with Gasteiger partial charge in [-0.05, 0) is 30.0 Å². The van der Waals surface area contributed by atoms with Crippen LogP contribution in [0.3, 0.4) is 0 Å². The second kappa shape index (κ2) is 7.61. The number of hydrogen-bond acceptors (Lipinski definition) is 7. The summed E-state index contributed by atoms with van der Waals surface area (Å²) in [6.07, 6.45) is 2.34. The van der Waals surface area contributed by atoms with Gasteiger partial charge in [0.05, 0.1) is 32.6 Å². The van der Waals surface area contributed by atoms with Crippen molar-refractivity contribution in [1.29, 1.82) is 0 Å². The number of carbonyl (C=O) groups is 2. The normalized spacial score (nSPS) is 15.7. The molecule has 3 rings (SSSR count). The van der Waals surface area contributed by atoms with Gasteiger partial charge in [0, 0.05) is 19.5 Å². The molecule has 1 aromatic carbocycles. The number of benzene rings is 1. The number of carbonyl (C=O) groups excluding carboxylic acids is 2. The molecule has 0 spiro atoms. The Labute approximate surface area is 156 Å². The molecule has 1 aromatic heterocycles. The number of nitrogens with zero attached hydrogens (tertiary/aromatic N) is 2. The van der Waals surface area contributed by atoms with E-state index < -0.39 is 0 Å². The molecular formula is C19H21N3O5. The fraction of sp³-hybridized carbons (Fsp3) is 0.368. The van der Waals surface area contributed by atoms with Crippen LogP contribution >= 0.6 is 0 Å². The lowest BCUT2D eigenvalue weighted by Crippen LogP contribution is -2.22. The molecule has 1 N–H and O–H groups in total. The SMILES string of the molecule is COc1cc([C@H]2CC(=O)c3cnc(NC(C)=O)nc3C2)cc(OC)c1OC. The Morgan fingerprint density at radius 1 is 1.11 bits per heavy atom. The summed E-state index contributed by atoms with van der Waals surface area (Å²) in [5.41, 5.74) is 2.00. The zero-order valence-electron chi connectivity index (χ0n) is 15.7. The summed E-state index contributed by atoms with van der Waals surface area (Å²) in [6.45, 7) is 1.38. The fourth-order valence-corrected chi connectivity index (χ4v) is 3.24. The number of fused-ring (bicyclic) bond motifs is 1. The van der Waals surface area contributed by atoms with E-state index in [0.29, 0.717) is 41.3 Å². The van der Waals surface area contributed by atoms with Gasteiger partial charge in [0.1, 0.15) is 0 Å². The summed E-state index contributed by atoms with van der Waals surface area (Å²) in [7, 11) is 4.64. The molecule has 142 valence electrons. The number of nitrogens with one attached hydrogen (secondary N) is 1. The van der Waals surface area contributed by atoms with Crippen LogP contribution in [-0.2, 0) is 11.2 Å². The van der Waals surface area contributed by atoms with Gasteiger partial charge >= 0.3 is 0 Å². The van der Waals surface area contributed by atoms with Gasteiger partial charge in [0.15, 0.2) is 17.3 Å². The summed E-state index contributed by atoms with van der Waals surface area (Å²) >= 11 is 0. The predicted octanol–water partition coefficient (Wildman–Crippen LogP) is 2.37. The van der Waals surface area contributed by atoms with Crippen molar-refractivity contribution in [3.05, 3.63) is 35.2 Å². The molecule has 0 saturated heterocycles. The Morgan fingerprint density at radius 3 is 2.33 bits per heavy atom. The molecule has 1 heterocycles. The van der Waals surface area contributed by atoms with Gasteiger partial charge in [0.2, 0.25) is 17.6 Å². The maximum Gasteiger partial charge on any atom is 0.229 e. The summed E-state index contributed by atoms with van der Waals surface area (Å²) in [5.74, 6) is 1.36. The zero-order chi connectivity index (χ0) is 19.6. The van der Waals surface area contributed by atoms with E-state index in [1.807, 2.05) is 12.1 Å². The maximum atomic E-state index is 12.6. The number of methoxy groups -OCH3 is 3. The van der Waals surface area contributed by atoms with Gasteiger partial charge in [-0.3, -0.25) is 14.9 Å². The second-order valence-corrected chi connectivity index (χ2v) is 6.22. The zero-order valence-corrected chi connectivity index (χ0v) is 15.7. The van der Waals surface area contributed by atoms with E-state index in [-0.39, 0.29) is 23.6 Å². The summed E-state index contributed by atoms with van der Waals surface area (Å²) in [4.78, 5) is 32.2. The number of aromatic nitrogens is 2. The van der Waals surface area contributed by atoms with Crippen molar-refractivity contribution in [2.75, 3.05) is 26.6 Å². The highest BCUT2D eigenvalue weighted by Crippen LogP contribution is 2.42. The van der Waals surface area contributed by atoms with E-state index in [9.17, 15) is 9.59 Å². The monoisotopic (exact) mass is 371 g/mol. The van der Waals surface area contributed by atoms with Crippen LogP contribution in [0.1, 0.15) is 40.9 Å². The number of ketones is 1. The van der Waals surface area contributed by atoms with Crippen molar-refractivity contribution in [2.45, 2.75) is 25.7 Å². The molecule has 1 aliphatic carbocycles. The molecule has 0 saturated carbocycles. The molecular weight excluding hydrogens is 350 g/mol. The van der Waals surface area contributed by atoms with Crippen molar-refractivity contribution in [2.24, 2.45) is 0 Å². The first-order valence-electron chi connectivity index (χ1n) is 8.43. The van der Waals surface area contributed by atoms with Gasteiger partial charge in [-0.15, -0.1) is 0 Å². The minimum absolute atomic E-state index is 0.0376. The number of hydrogen-bond donors (Lipinski definition) is 1.